The van der Waals surface area contributed by atoms with Crippen molar-refractivity contribution in [1.29, 1.82) is 0 Å². The molecule has 78 valence electrons. The van der Waals surface area contributed by atoms with E-state index in [9.17, 15) is 4.79 Å². The molecule has 0 aliphatic carbocycles. The molecule has 0 heterocycles. The highest BCUT2D eigenvalue weighted by molar-refractivity contribution is 5.82. The summed E-state index contributed by atoms with van der Waals surface area (Å²) in [5.74, 6) is 0.401. The van der Waals surface area contributed by atoms with Crippen LogP contribution < -0.4 is 0 Å². The van der Waals surface area contributed by atoms with Crippen molar-refractivity contribution in [2.75, 3.05) is 0 Å². The second-order valence-corrected chi connectivity index (χ2v) is 3.95. The Balaban J connectivity index is 3.50. The van der Waals surface area contributed by atoms with Gasteiger partial charge < -0.3 is 5.11 Å². The predicted octanol–water partition coefficient (Wildman–Crippen LogP) is 2.54. The molecule has 2 unspecified atom stereocenters. The SMILES string of the molecule is CCCCCC(C)CC(=O)C(C)O. The van der Waals surface area contributed by atoms with E-state index >= 15 is 0 Å². The van der Waals surface area contributed by atoms with Gasteiger partial charge in [-0.25, -0.2) is 0 Å². The zero-order chi connectivity index (χ0) is 10.3. The topological polar surface area (TPSA) is 37.3 Å². The fourth-order valence-corrected chi connectivity index (χ4v) is 1.36. The Morgan fingerprint density at radius 3 is 2.38 bits per heavy atom. The Morgan fingerprint density at radius 2 is 1.92 bits per heavy atom. The standard InChI is InChI=1S/C11H22O2/c1-4-5-6-7-9(2)8-11(13)10(3)12/h9-10,12H,4-8H2,1-3H3. The first kappa shape index (κ1) is 12.6. The van der Waals surface area contributed by atoms with E-state index in [0.29, 0.717) is 12.3 Å². The number of aliphatic hydroxyl groups excluding tert-OH is 1. The highest BCUT2D eigenvalue weighted by Gasteiger charge is 2.12. The second kappa shape index (κ2) is 7.07. The fraction of sp³-hybridized carbons (Fsp3) is 0.909. The minimum atomic E-state index is -0.784. The zero-order valence-electron chi connectivity index (χ0n) is 9.05. The Hall–Kier alpha value is -0.370. The van der Waals surface area contributed by atoms with Crippen LogP contribution in [0.15, 0.2) is 0 Å². The summed E-state index contributed by atoms with van der Waals surface area (Å²) >= 11 is 0. The summed E-state index contributed by atoms with van der Waals surface area (Å²) in [5.41, 5.74) is 0. The van der Waals surface area contributed by atoms with Gasteiger partial charge in [0, 0.05) is 6.42 Å². The first-order chi connectivity index (χ1) is 6.07. The average molecular weight is 186 g/mol. The third kappa shape index (κ3) is 6.76. The van der Waals surface area contributed by atoms with Gasteiger partial charge in [-0.05, 0) is 12.8 Å². The number of carbonyl (C=O) groups is 1. The maximum atomic E-state index is 11.1. The summed E-state index contributed by atoms with van der Waals surface area (Å²) in [5, 5.41) is 8.99. The van der Waals surface area contributed by atoms with E-state index in [0.717, 1.165) is 6.42 Å². The van der Waals surface area contributed by atoms with E-state index in [1.807, 2.05) is 0 Å². The predicted molar refractivity (Wildman–Crippen MR) is 54.6 cm³/mol. The molecule has 2 heteroatoms. The minimum Gasteiger partial charge on any atom is -0.386 e. The van der Waals surface area contributed by atoms with Crippen LogP contribution in [0, 0.1) is 5.92 Å². The van der Waals surface area contributed by atoms with Gasteiger partial charge in [0.05, 0.1) is 0 Å². The number of ketones is 1. The van der Waals surface area contributed by atoms with E-state index in [4.69, 9.17) is 5.11 Å². The van der Waals surface area contributed by atoms with Crippen LogP contribution in [0.2, 0.25) is 0 Å². The van der Waals surface area contributed by atoms with Crippen LogP contribution in [-0.2, 0) is 4.79 Å². The number of aliphatic hydroxyl groups is 1. The van der Waals surface area contributed by atoms with Crippen LogP contribution in [0.25, 0.3) is 0 Å². The molecular formula is C11H22O2. The van der Waals surface area contributed by atoms with Gasteiger partial charge in [-0.2, -0.15) is 0 Å². The van der Waals surface area contributed by atoms with Crippen molar-refractivity contribution in [2.45, 2.75) is 59.0 Å². The largest absolute Gasteiger partial charge is 0.386 e. The summed E-state index contributed by atoms with van der Waals surface area (Å²) in [6, 6.07) is 0. The van der Waals surface area contributed by atoms with Gasteiger partial charge in [-0.1, -0.05) is 39.5 Å². The maximum absolute atomic E-state index is 11.1. The third-order valence-corrected chi connectivity index (χ3v) is 2.32. The van der Waals surface area contributed by atoms with E-state index in [1.165, 1.54) is 19.3 Å². The van der Waals surface area contributed by atoms with Crippen LogP contribution >= 0.6 is 0 Å². The van der Waals surface area contributed by atoms with Crippen LogP contribution in [0.5, 0.6) is 0 Å². The van der Waals surface area contributed by atoms with Gasteiger partial charge in [0.1, 0.15) is 6.10 Å². The highest BCUT2D eigenvalue weighted by Crippen LogP contribution is 2.13. The second-order valence-electron chi connectivity index (χ2n) is 3.95. The molecule has 0 radical (unpaired) electrons. The molecule has 0 aliphatic rings. The summed E-state index contributed by atoms with van der Waals surface area (Å²) in [6.45, 7) is 5.79. The first-order valence-electron chi connectivity index (χ1n) is 5.28. The van der Waals surface area contributed by atoms with Crippen LogP contribution in [0.1, 0.15) is 52.9 Å². The first-order valence-corrected chi connectivity index (χ1v) is 5.28. The molecule has 0 aromatic rings. The fourth-order valence-electron chi connectivity index (χ4n) is 1.36. The van der Waals surface area contributed by atoms with E-state index in [2.05, 4.69) is 13.8 Å². The molecular weight excluding hydrogens is 164 g/mol. The third-order valence-electron chi connectivity index (χ3n) is 2.32. The highest BCUT2D eigenvalue weighted by atomic mass is 16.3. The average Bonchev–Trinajstić information content (AvgIpc) is 2.04. The maximum Gasteiger partial charge on any atom is 0.161 e. The number of hydrogen-bond donors (Lipinski definition) is 1. The molecule has 0 amide bonds. The molecule has 0 bridgehead atoms. The van der Waals surface area contributed by atoms with Gasteiger partial charge in [-0.15, -0.1) is 0 Å². The van der Waals surface area contributed by atoms with Crippen LogP contribution in [0.3, 0.4) is 0 Å². The van der Waals surface area contributed by atoms with Crippen molar-refractivity contribution in [2.24, 2.45) is 5.92 Å². The molecule has 0 aromatic carbocycles. The van der Waals surface area contributed by atoms with Crippen molar-refractivity contribution in [3.8, 4) is 0 Å². The normalized spacial score (nSPS) is 15.4. The minimum absolute atomic E-state index is 0.0241. The zero-order valence-corrected chi connectivity index (χ0v) is 9.05. The summed E-state index contributed by atoms with van der Waals surface area (Å²) in [6.07, 6.45) is 4.51. The van der Waals surface area contributed by atoms with Crippen molar-refractivity contribution in [1.82, 2.24) is 0 Å². The van der Waals surface area contributed by atoms with Crippen molar-refractivity contribution in [3.05, 3.63) is 0 Å². The smallest absolute Gasteiger partial charge is 0.161 e. The number of rotatable bonds is 7. The quantitative estimate of drug-likeness (QED) is 0.620. The molecule has 0 spiro atoms. The number of Topliss-reactive ketones (excluding diaryl/α,β-unsaturated/α-hetero) is 1. The summed E-state index contributed by atoms with van der Waals surface area (Å²) < 4.78 is 0. The lowest BCUT2D eigenvalue weighted by Gasteiger charge is -2.10. The van der Waals surface area contributed by atoms with Crippen molar-refractivity contribution in [3.63, 3.8) is 0 Å². The molecule has 1 N–H and O–H groups in total. The van der Waals surface area contributed by atoms with E-state index < -0.39 is 6.10 Å². The number of unbranched alkanes of at least 4 members (excludes halogenated alkanes) is 2. The molecule has 0 fully saturated rings. The Bertz CT molecular complexity index is 141. The molecule has 2 atom stereocenters. The van der Waals surface area contributed by atoms with Gasteiger partial charge >= 0.3 is 0 Å². The van der Waals surface area contributed by atoms with Gasteiger partial charge in [-0.3, -0.25) is 4.79 Å². The molecule has 0 saturated carbocycles. The Morgan fingerprint density at radius 1 is 1.31 bits per heavy atom. The lowest BCUT2D eigenvalue weighted by molar-refractivity contribution is -0.127. The van der Waals surface area contributed by atoms with Gasteiger partial charge in [0.15, 0.2) is 5.78 Å². The van der Waals surface area contributed by atoms with Crippen LogP contribution in [-0.4, -0.2) is 17.0 Å². The van der Waals surface area contributed by atoms with Crippen molar-refractivity contribution < 1.29 is 9.90 Å². The van der Waals surface area contributed by atoms with Crippen molar-refractivity contribution >= 4 is 5.78 Å². The monoisotopic (exact) mass is 186 g/mol. The van der Waals surface area contributed by atoms with E-state index in [1.54, 1.807) is 6.92 Å². The van der Waals surface area contributed by atoms with E-state index in [-0.39, 0.29) is 5.78 Å². The number of hydrogen-bond acceptors (Lipinski definition) is 2. The lowest BCUT2D eigenvalue weighted by atomic mass is 9.96. The Kier molecular flexibility index (Phi) is 6.87. The molecule has 2 nitrogen and oxygen atoms in total. The molecule has 0 rings (SSSR count). The Labute approximate surface area is 81.3 Å². The molecule has 13 heavy (non-hydrogen) atoms. The van der Waals surface area contributed by atoms with Gasteiger partial charge in [0.2, 0.25) is 0 Å². The van der Waals surface area contributed by atoms with Crippen LogP contribution in [0.4, 0.5) is 0 Å². The summed E-state index contributed by atoms with van der Waals surface area (Å²) in [4.78, 5) is 11.1. The molecule has 0 saturated heterocycles. The molecule has 0 aromatic heterocycles. The summed E-state index contributed by atoms with van der Waals surface area (Å²) in [7, 11) is 0. The van der Waals surface area contributed by atoms with Gasteiger partial charge in [0.25, 0.3) is 0 Å². The number of carbonyl (C=O) groups excluding carboxylic acids is 1. The molecule has 0 aliphatic heterocycles. The lowest BCUT2D eigenvalue weighted by Crippen LogP contribution is -2.18.